The number of carbonyl (C=O) groups excluding carboxylic acids is 2. The van der Waals surface area contributed by atoms with Gasteiger partial charge in [0.25, 0.3) is 0 Å². The number of thioether (sulfide) groups is 1. The van der Waals surface area contributed by atoms with Crippen molar-refractivity contribution in [2.75, 3.05) is 11.4 Å². The molecule has 1 N–H and O–H groups in total. The Morgan fingerprint density at radius 1 is 1.06 bits per heavy atom. The number of amides is 2. The maximum absolute atomic E-state index is 14.3. The van der Waals surface area contributed by atoms with Gasteiger partial charge in [-0.1, -0.05) is 67.1 Å². The fourth-order valence-corrected chi connectivity index (χ4v) is 5.18. The Morgan fingerprint density at radius 2 is 1.76 bits per heavy atom. The van der Waals surface area contributed by atoms with E-state index in [9.17, 15) is 14.0 Å². The molecule has 33 heavy (non-hydrogen) atoms. The highest BCUT2D eigenvalue weighted by molar-refractivity contribution is 8.01. The minimum Gasteiger partial charge on any atom is -0.355 e. The van der Waals surface area contributed by atoms with Crippen molar-refractivity contribution in [3.8, 4) is 0 Å². The van der Waals surface area contributed by atoms with Crippen LogP contribution in [0.2, 0.25) is 0 Å². The first-order chi connectivity index (χ1) is 15.9. The topological polar surface area (TPSA) is 49.4 Å². The normalized spacial score (nSPS) is 16.3. The number of aryl methyl sites for hydroxylation is 1. The molecule has 0 aliphatic carbocycles. The molecule has 1 aliphatic heterocycles. The number of halogens is 1. The molecule has 0 bridgehead atoms. The highest BCUT2D eigenvalue weighted by Gasteiger charge is 2.39. The van der Waals surface area contributed by atoms with E-state index < -0.39 is 11.2 Å². The monoisotopic (exact) mass is 462 g/mol. The maximum atomic E-state index is 14.3. The summed E-state index contributed by atoms with van der Waals surface area (Å²) in [5, 5.41) is 2.40. The van der Waals surface area contributed by atoms with Crippen molar-refractivity contribution in [1.82, 2.24) is 5.32 Å². The van der Waals surface area contributed by atoms with Gasteiger partial charge in [-0.3, -0.25) is 9.59 Å². The molecule has 0 saturated heterocycles. The highest BCUT2D eigenvalue weighted by Crippen LogP contribution is 2.42. The zero-order chi connectivity index (χ0) is 23.4. The molecule has 170 valence electrons. The van der Waals surface area contributed by atoms with E-state index in [0.717, 1.165) is 22.6 Å². The van der Waals surface area contributed by atoms with E-state index in [2.05, 4.69) is 29.6 Å². The average Bonchev–Trinajstić information content (AvgIpc) is 2.82. The third-order valence-electron chi connectivity index (χ3n) is 5.91. The molecule has 6 heteroatoms. The number of hydrogen-bond acceptors (Lipinski definition) is 3. The SMILES string of the molecule is Cc1ccc(CCNC(=O)[C@H](C)[C@@H]2Sc3ccccc3N(Cc3ccccc3F)C2=O)cc1. The second kappa shape index (κ2) is 10.2. The van der Waals surface area contributed by atoms with Crippen LogP contribution in [0.1, 0.15) is 23.6 Å². The number of nitrogens with one attached hydrogen (secondary N) is 1. The summed E-state index contributed by atoms with van der Waals surface area (Å²) >= 11 is 1.41. The molecule has 3 aromatic rings. The van der Waals surface area contributed by atoms with Crippen LogP contribution in [0.25, 0.3) is 0 Å². The van der Waals surface area contributed by atoms with Gasteiger partial charge in [-0.25, -0.2) is 4.39 Å². The van der Waals surface area contributed by atoms with Crippen molar-refractivity contribution >= 4 is 29.3 Å². The van der Waals surface area contributed by atoms with E-state index in [-0.39, 0.29) is 24.2 Å². The van der Waals surface area contributed by atoms with Gasteiger partial charge >= 0.3 is 0 Å². The van der Waals surface area contributed by atoms with Crippen LogP contribution < -0.4 is 10.2 Å². The van der Waals surface area contributed by atoms with Gasteiger partial charge < -0.3 is 10.2 Å². The van der Waals surface area contributed by atoms with Gasteiger partial charge in [0.2, 0.25) is 11.8 Å². The number of anilines is 1. The van der Waals surface area contributed by atoms with Crippen LogP contribution in [0.5, 0.6) is 0 Å². The zero-order valence-electron chi connectivity index (χ0n) is 18.8. The van der Waals surface area contributed by atoms with Gasteiger partial charge in [0.05, 0.1) is 18.2 Å². The summed E-state index contributed by atoms with van der Waals surface area (Å²) in [5.41, 5.74) is 3.55. The molecule has 3 aromatic carbocycles. The molecule has 0 spiro atoms. The van der Waals surface area contributed by atoms with Crippen LogP contribution in [0.3, 0.4) is 0 Å². The standard InChI is InChI=1S/C27H27FN2O2S/c1-18-11-13-20(14-12-18)15-16-29-26(31)19(2)25-27(32)30(17-21-7-3-4-8-22(21)28)23-9-5-6-10-24(23)33-25/h3-14,19,25H,15-17H2,1-2H3,(H,29,31)/t19-,25+/m1/s1. The maximum Gasteiger partial charge on any atom is 0.241 e. The van der Waals surface area contributed by atoms with E-state index in [1.165, 1.54) is 23.4 Å². The summed E-state index contributed by atoms with van der Waals surface area (Å²) in [6.07, 6.45) is 0.729. The third-order valence-corrected chi connectivity index (χ3v) is 7.37. The molecule has 4 rings (SSSR count). The van der Waals surface area contributed by atoms with Crippen molar-refractivity contribution in [1.29, 1.82) is 0 Å². The average molecular weight is 463 g/mol. The van der Waals surface area contributed by atoms with Crippen LogP contribution in [-0.4, -0.2) is 23.6 Å². The van der Waals surface area contributed by atoms with Gasteiger partial charge in [-0.2, -0.15) is 0 Å². The zero-order valence-corrected chi connectivity index (χ0v) is 19.6. The first kappa shape index (κ1) is 23.1. The Hall–Kier alpha value is -3.12. The van der Waals surface area contributed by atoms with Gasteiger partial charge in [-0.05, 0) is 37.1 Å². The second-order valence-electron chi connectivity index (χ2n) is 8.34. The van der Waals surface area contributed by atoms with E-state index in [1.807, 2.05) is 31.2 Å². The Labute approximate surface area is 198 Å². The largest absolute Gasteiger partial charge is 0.355 e. The number of fused-ring (bicyclic) bond motifs is 1. The van der Waals surface area contributed by atoms with E-state index in [0.29, 0.717) is 12.1 Å². The molecule has 1 aliphatic rings. The van der Waals surface area contributed by atoms with Crippen molar-refractivity contribution in [3.05, 3.63) is 95.3 Å². The van der Waals surface area contributed by atoms with Crippen molar-refractivity contribution in [2.24, 2.45) is 5.92 Å². The van der Waals surface area contributed by atoms with Crippen molar-refractivity contribution < 1.29 is 14.0 Å². The number of benzene rings is 3. The predicted molar refractivity (Wildman–Crippen MR) is 131 cm³/mol. The lowest BCUT2D eigenvalue weighted by atomic mass is 10.0. The number of para-hydroxylation sites is 1. The lowest BCUT2D eigenvalue weighted by molar-refractivity contribution is -0.128. The summed E-state index contributed by atoms with van der Waals surface area (Å²) in [4.78, 5) is 28.9. The van der Waals surface area contributed by atoms with E-state index in [1.54, 1.807) is 30.0 Å². The van der Waals surface area contributed by atoms with Gasteiger partial charge in [0.1, 0.15) is 11.1 Å². The number of nitrogens with zero attached hydrogens (tertiary/aromatic N) is 1. The van der Waals surface area contributed by atoms with Crippen LogP contribution >= 0.6 is 11.8 Å². The first-order valence-corrected chi connectivity index (χ1v) is 12.0. The fraction of sp³-hybridized carbons (Fsp3) is 0.259. The molecule has 2 amide bonds. The summed E-state index contributed by atoms with van der Waals surface area (Å²) in [5.74, 6) is -1.21. The van der Waals surface area contributed by atoms with Crippen LogP contribution in [0, 0.1) is 18.7 Å². The Balaban J connectivity index is 1.47. The molecule has 1 heterocycles. The molecule has 2 atom stereocenters. The van der Waals surface area contributed by atoms with Crippen LogP contribution in [-0.2, 0) is 22.6 Å². The smallest absolute Gasteiger partial charge is 0.241 e. The molecule has 0 radical (unpaired) electrons. The minimum atomic E-state index is -0.578. The first-order valence-electron chi connectivity index (χ1n) is 11.1. The Bertz CT molecular complexity index is 1150. The summed E-state index contributed by atoms with van der Waals surface area (Å²) in [7, 11) is 0. The van der Waals surface area contributed by atoms with Crippen molar-refractivity contribution in [3.63, 3.8) is 0 Å². The van der Waals surface area contributed by atoms with Crippen molar-refractivity contribution in [2.45, 2.75) is 37.0 Å². The molecule has 0 fully saturated rings. The molecule has 0 aromatic heterocycles. The lowest BCUT2D eigenvalue weighted by Gasteiger charge is -2.35. The highest BCUT2D eigenvalue weighted by atomic mass is 32.2. The van der Waals surface area contributed by atoms with Crippen LogP contribution in [0.4, 0.5) is 10.1 Å². The Kier molecular flexibility index (Phi) is 7.14. The second-order valence-corrected chi connectivity index (χ2v) is 9.52. The predicted octanol–water partition coefficient (Wildman–Crippen LogP) is 5.14. The van der Waals surface area contributed by atoms with E-state index in [4.69, 9.17) is 0 Å². The number of carbonyl (C=O) groups is 2. The Morgan fingerprint density at radius 3 is 2.52 bits per heavy atom. The number of hydrogen-bond donors (Lipinski definition) is 1. The summed E-state index contributed by atoms with van der Waals surface area (Å²) in [6, 6.07) is 22.3. The summed E-state index contributed by atoms with van der Waals surface area (Å²) < 4.78 is 14.3. The van der Waals surface area contributed by atoms with Crippen LogP contribution in [0.15, 0.2) is 77.7 Å². The number of rotatable bonds is 7. The van der Waals surface area contributed by atoms with Gasteiger partial charge in [0.15, 0.2) is 0 Å². The fourth-order valence-electron chi connectivity index (χ4n) is 3.90. The molecule has 0 saturated carbocycles. The molecule has 0 unspecified atom stereocenters. The molecular weight excluding hydrogens is 435 g/mol. The van der Waals surface area contributed by atoms with Gasteiger partial charge in [-0.15, -0.1) is 11.8 Å². The molecular formula is C27H27FN2O2S. The van der Waals surface area contributed by atoms with E-state index >= 15 is 0 Å². The quantitative estimate of drug-likeness (QED) is 0.529. The molecule has 4 nitrogen and oxygen atoms in total. The van der Waals surface area contributed by atoms with Gasteiger partial charge in [0, 0.05) is 17.0 Å². The minimum absolute atomic E-state index is 0.126. The third kappa shape index (κ3) is 5.28. The lowest BCUT2D eigenvalue weighted by Crippen LogP contribution is -2.47. The summed E-state index contributed by atoms with van der Waals surface area (Å²) in [6.45, 7) is 4.46.